The van der Waals surface area contributed by atoms with Gasteiger partial charge >= 0.3 is 0 Å². The highest BCUT2D eigenvalue weighted by Gasteiger charge is 2.22. The van der Waals surface area contributed by atoms with E-state index in [2.05, 4.69) is 10.6 Å². The zero-order valence-corrected chi connectivity index (χ0v) is 15.4. The Labute approximate surface area is 159 Å². The molecule has 4 nitrogen and oxygen atoms in total. The van der Waals surface area contributed by atoms with Gasteiger partial charge in [0, 0.05) is 11.4 Å². The molecule has 0 aromatic heterocycles. The molecule has 0 spiro atoms. The fraction of sp³-hybridized carbons (Fsp3) is 0.125. The van der Waals surface area contributed by atoms with Gasteiger partial charge in [0.25, 0.3) is 0 Å². The summed E-state index contributed by atoms with van der Waals surface area (Å²) in [6.45, 7) is 1.49. The van der Waals surface area contributed by atoms with Crippen LogP contribution < -0.4 is 10.6 Å². The van der Waals surface area contributed by atoms with Crippen LogP contribution in [-0.4, -0.2) is 11.8 Å². The number of carbonyl (C=O) groups excluding carboxylic acids is 2. The zero-order chi connectivity index (χ0) is 17.9. The van der Waals surface area contributed by atoms with Gasteiger partial charge in [-0.1, -0.05) is 46.4 Å². The molecule has 24 heavy (non-hydrogen) atoms. The van der Waals surface area contributed by atoms with Crippen molar-refractivity contribution in [3.63, 3.8) is 0 Å². The van der Waals surface area contributed by atoms with Gasteiger partial charge in [-0.3, -0.25) is 9.59 Å². The van der Waals surface area contributed by atoms with Gasteiger partial charge in [-0.2, -0.15) is 0 Å². The van der Waals surface area contributed by atoms with Crippen molar-refractivity contribution in [3.05, 3.63) is 56.5 Å². The minimum atomic E-state index is -0.936. The predicted molar refractivity (Wildman–Crippen MR) is 99.3 cm³/mol. The first kappa shape index (κ1) is 18.9. The molecule has 2 amide bonds. The van der Waals surface area contributed by atoms with Gasteiger partial charge in [0.2, 0.25) is 11.8 Å². The molecule has 8 heteroatoms. The van der Waals surface area contributed by atoms with Crippen molar-refractivity contribution in [2.75, 3.05) is 10.6 Å². The second-order valence-electron chi connectivity index (χ2n) is 4.96. The summed E-state index contributed by atoms with van der Waals surface area (Å²) in [6.07, 6.45) is 0. The van der Waals surface area contributed by atoms with Crippen LogP contribution in [0.4, 0.5) is 11.4 Å². The molecular formula is C16H12Cl4N2O2. The molecule has 0 saturated heterocycles. The lowest BCUT2D eigenvalue weighted by Gasteiger charge is -2.13. The SMILES string of the molecule is CC(C(=O)Nc1ccc(Cl)c(Cl)c1)C(=O)Nc1ccc(Cl)c(Cl)c1. The Morgan fingerprint density at radius 1 is 0.750 bits per heavy atom. The summed E-state index contributed by atoms with van der Waals surface area (Å²) < 4.78 is 0. The fourth-order valence-corrected chi connectivity index (χ4v) is 2.36. The van der Waals surface area contributed by atoms with Crippen LogP contribution in [-0.2, 0) is 9.59 Å². The topological polar surface area (TPSA) is 58.2 Å². The number of amides is 2. The molecule has 2 aromatic rings. The Bertz CT molecular complexity index is 730. The van der Waals surface area contributed by atoms with E-state index in [-0.39, 0.29) is 0 Å². The molecule has 0 atom stereocenters. The molecule has 0 heterocycles. The van der Waals surface area contributed by atoms with Crippen LogP contribution in [0.2, 0.25) is 20.1 Å². The number of rotatable bonds is 4. The largest absolute Gasteiger partial charge is 0.325 e. The number of halogens is 4. The molecule has 0 aliphatic carbocycles. The van der Waals surface area contributed by atoms with Crippen LogP contribution >= 0.6 is 46.4 Å². The van der Waals surface area contributed by atoms with Crippen LogP contribution in [0.25, 0.3) is 0 Å². The minimum absolute atomic E-state index is 0.308. The molecule has 0 saturated carbocycles. The first-order valence-electron chi connectivity index (χ1n) is 6.79. The number of nitrogens with one attached hydrogen (secondary N) is 2. The van der Waals surface area contributed by atoms with Crippen LogP contribution in [0.15, 0.2) is 36.4 Å². The third kappa shape index (κ3) is 4.77. The standard InChI is InChI=1S/C16H12Cl4N2O2/c1-8(15(23)21-9-2-4-11(17)13(19)6-9)16(24)22-10-3-5-12(18)14(20)7-10/h2-8H,1H3,(H,21,23)(H,22,24). The molecule has 0 fully saturated rings. The van der Waals surface area contributed by atoms with E-state index in [9.17, 15) is 9.59 Å². The number of carbonyl (C=O) groups is 2. The molecule has 0 radical (unpaired) electrons. The molecule has 2 aromatic carbocycles. The number of anilines is 2. The summed E-state index contributed by atoms with van der Waals surface area (Å²) in [4.78, 5) is 24.3. The van der Waals surface area contributed by atoms with Gasteiger partial charge in [0.15, 0.2) is 0 Å². The summed E-state index contributed by atoms with van der Waals surface area (Å²) in [7, 11) is 0. The molecule has 126 valence electrons. The Morgan fingerprint density at radius 3 is 1.46 bits per heavy atom. The zero-order valence-electron chi connectivity index (χ0n) is 12.4. The molecule has 2 rings (SSSR count). The lowest BCUT2D eigenvalue weighted by atomic mass is 10.1. The number of benzene rings is 2. The van der Waals surface area contributed by atoms with Crippen molar-refractivity contribution < 1.29 is 9.59 Å². The summed E-state index contributed by atoms with van der Waals surface area (Å²) in [5.74, 6) is -1.90. The van der Waals surface area contributed by atoms with E-state index in [0.29, 0.717) is 31.5 Å². The van der Waals surface area contributed by atoms with Crippen LogP contribution in [0.1, 0.15) is 6.92 Å². The highest BCUT2D eigenvalue weighted by atomic mass is 35.5. The van der Waals surface area contributed by atoms with Gasteiger partial charge in [0.1, 0.15) is 5.92 Å². The van der Waals surface area contributed by atoms with Crippen molar-refractivity contribution in [2.45, 2.75) is 6.92 Å². The monoisotopic (exact) mass is 404 g/mol. The third-order valence-corrected chi connectivity index (χ3v) is 4.64. The fourth-order valence-electron chi connectivity index (χ4n) is 1.77. The summed E-state index contributed by atoms with van der Waals surface area (Å²) >= 11 is 23.4. The molecular weight excluding hydrogens is 394 g/mol. The second kappa shape index (κ2) is 8.08. The highest BCUT2D eigenvalue weighted by Crippen LogP contribution is 2.26. The maximum atomic E-state index is 12.2. The van der Waals surface area contributed by atoms with Crippen molar-refractivity contribution >= 4 is 69.6 Å². The quantitative estimate of drug-likeness (QED) is 0.658. The van der Waals surface area contributed by atoms with Crippen LogP contribution in [0, 0.1) is 5.92 Å². The van der Waals surface area contributed by atoms with E-state index in [4.69, 9.17) is 46.4 Å². The van der Waals surface area contributed by atoms with E-state index >= 15 is 0 Å². The number of hydrogen-bond donors (Lipinski definition) is 2. The van der Waals surface area contributed by atoms with Gasteiger partial charge in [-0.15, -0.1) is 0 Å². The van der Waals surface area contributed by atoms with Crippen LogP contribution in [0.3, 0.4) is 0 Å². The molecule has 0 aliphatic rings. The lowest BCUT2D eigenvalue weighted by Crippen LogP contribution is -2.31. The van der Waals surface area contributed by atoms with Crippen molar-refractivity contribution in [1.29, 1.82) is 0 Å². The van der Waals surface area contributed by atoms with Crippen molar-refractivity contribution in [3.8, 4) is 0 Å². The molecule has 0 bridgehead atoms. The van der Waals surface area contributed by atoms with Crippen molar-refractivity contribution in [1.82, 2.24) is 0 Å². The smallest absolute Gasteiger partial charge is 0.236 e. The third-order valence-electron chi connectivity index (χ3n) is 3.16. The van der Waals surface area contributed by atoms with Gasteiger partial charge in [-0.25, -0.2) is 0 Å². The Hall–Kier alpha value is -1.46. The lowest BCUT2D eigenvalue weighted by molar-refractivity contribution is -0.128. The molecule has 2 N–H and O–H groups in total. The summed E-state index contributed by atoms with van der Waals surface area (Å²) in [5, 5.41) is 6.58. The van der Waals surface area contributed by atoms with E-state index in [1.807, 2.05) is 0 Å². The second-order valence-corrected chi connectivity index (χ2v) is 6.59. The Balaban J connectivity index is 2.02. The maximum Gasteiger partial charge on any atom is 0.236 e. The average Bonchev–Trinajstić information content (AvgIpc) is 2.53. The van der Waals surface area contributed by atoms with Crippen LogP contribution in [0.5, 0.6) is 0 Å². The van der Waals surface area contributed by atoms with E-state index in [1.54, 1.807) is 24.3 Å². The Morgan fingerprint density at radius 2 is 1.12 bits per heavy atom. The minimum Gasteiger partial charge on any atom is -0.325 e. The predicted octanol–water partition coefficient (Wildman–Crippen LogP) is 5.51. The molecule has 0 unspecified atom stereocenters. The number of hydrogen-bond acceptors (Lipinski definition) is 2. The van der Waals surface area contributed by atoms with E-state index < -0.39 is 17.7 Å². The van der Waals surface area contributed by atoms with Gasteiger partial charge in [-0.05, 0) is 43.3 Å². The van der Waals surface area contributed by atoms with E-state index in [1.165, 1.54) is 19.1 Å². The Kier molecular flexibility index (Phi) is 6.35. The average molecular weight is 406 g/mol. The summed E-state index contributed by atoms with van der Waals surface area (Å²) in [5.41, 5.74) is 0.896. The molecule has 0 aliphatic heterocycles. The maximum absolute atomic E-state index is 12.2. The normalized spacial score (nSPS) is 10.6. The van der Waals surface area contributed by atoms with E-state index in [0.717, 1.165) is 0 Å². The highest BCUT2D eigenvalue weighted by molar-refractivity contribution is 6.42. The van der Waals surface area contributed by atoms with Crippen molar-refractivity contribution in [2.24, 2.45) is 5.92 Å². The van der Waals surface area contributed by atoms with Gasteiger partial charge < -0.3 is 10.6 Å². The van der Waals surface area contributed by atoms with Gasteiger partial charge in [0.05, 0.1) is 20.1 Å². The summed E-state index contributed by atoms with van der Waals surface area (Å²) in [6, 6.07) is 9.31. The first-order chi connectivity index (χ1) is 11.3. The first-order valence-corrected chi connectivity index (χ1v) is 8.31.